The van der Waals surface area contributed by atoms with Gasteiger partial charge in [-0.3, -0.25) is 4.79 Å². The molecule has 18 heavy (non-hydrogen) atoms. The van der Waals surface area contributed by atoms with Crippen LogP contribution in [0.1, 0.15) is 28.6 Å². The summed E-state index contributed by atoms with van der Waals surface area (Å²) in [5.41, 5.74) is 7.93. The maximum atomic E-state index is 11.9. The summed E-state index contributed by atoms with van der Waals surface area (Å²) < 4.78 is 5.23. The standard InChI is InChI=1S/C14H16N2O2/c1-2-13-12(7-8-18-13)14(17)16-9-10-3-5-11(15)6-4-10/h3-8H,2,9,15H2,1H3,(H,16,17). The highest BCUT2D eigenvalue weighted by Gasteiger charge is 2.12. The van der Waals surface area contributed by atoms with Gasteiger partial charge in [0.1, 0.15) is 5.76 Å². The van der Waals surface area contributed by atoms with Crippen molar-refractivity contribution in [3.05, 3.63) is 53.5 Å². The van der Waals surface area contributed by atoms with Crippen molar-refractivity contribution in [3.63, 3.8) is 0 Å². The molecule has 2 rings (SSSR count). The van der Waals surface area contributed by atoms with E-state index in [0.717, 1.165) is 5.56 Å². The Balaban J connectivity index is 1.98. The largest absolute Gasteiger partial charge is 0.469 e. The van der Waals surface area contributed by atoms with Crippen LogP contribution in [0.4, 0.5) is 5.69 Å². The van der Waals surface area contributed by atoms with Gasteiger partial charge < -0.3 is 15.5 Å². The lowest BCUT2D eigenvalue weighted by molar-refractivity contribution is 0.0949. The number of carbonyl (C=O) groups is 1. The zero-order valence-corrected chi connectivity index (χ0v) is 10.3. The summed E-state index contributed by atoms with van der Waals surface area (Å²) in [5.74, 6) is 0.599. The molecule has 0 aliphatic carbocycles. The normalized spacial score (nSPS) is 10.3. The number of anilines is 1. The van der Waals surface area contributed by atoms with Gasteiger partial charge in [-0.25, -0.2) is 0 Å². The molecular formula is C14H16N2O2. The second kappa shape index (κ2) is 5.40. The molecule has 0 fully saturated rings. The lowest BCUT2D eigenvalue weighted by Crippen LogP contribution is -2.23. The van der Waals surface area contributed by atoms with Crippen molar-refractivity contribution in [1.29, 1.82) is 0 Å². The quantitative estimate of drug-likeness (QED) is 0.811. The molecule has 0 atom stereocenters. The van der Waals surface area contributed by atoms with E-state index in [2.05, 4.69) is 5.32 Å². The van der Waals surface area contributed by atoms with Gasteiger partial charge in [0.25, 0.3) is 5.91 Å². The van der Waals surface area contributed by atoms with Gasteiger partial charge in [0.05, 0.1) is 11.8 Å². The number of hydrogen-bond donors (Lipinski definition) is 2. The first-order valence-electron chi connectivity index (χ1n) is 5.89. The summed E-state index contributed by atoms with van der Waals surface area (Å²) >= 11 is 0. The Morgan fingerprint density at radius 1 is 1.28 bits per heavy atom. The van der Waals surface area contributed by atoms with Crippen LogP contribution in [-0.2, 0) is 13.0 Å². The predicted molar refractivity (Wildman–Crippen MR) is 70.1 cm³/mol. The van der Waals surface area contributed by atoms with Gasteiger partial charge in [-0.15, -0.1) is 0 Å². The highest BCUT2D eigenvalue weighted by atomic mass is 16.3. The predicted octanol–water partition coefficient (Wildman–Crippen LogP) is 2.35. The number of hydrogen-bond acceptors (Lipinski definition) is 3. The maximum Gasteiger partial charge on any atom is 0.255 e. The molecule has 0 unspecified atom stereocenters. The molecule has 0 aliphatic rings. The zero-order valence-electron chi connectivity index (χ0n) is 10.3. The van der Waals surface area contributed by atoms with Gasteiger partial charge in [-0.2, -0.15) is 0 Å². The van der Waals surface area contributed by atoms with E-state index in [4.69, 9.17) is 10.2 Å². The summed E-state index contributed by atoms with van der Waals surface area (Å²) in [6.07, 6.45) is 2.24. The van der Waals surface area contributed by atoms with Crippen molar-refractivity contribution in [1.82, 2.24) is 5.32 Å². The van der Waals surface area contributed by atoms with Crippen molar-refractivity contribution in [2.24, 2.45) is 0 Å². The van der Waals surface area contributed by atoms with Crippen molar-refractivity contribution in [2.75, 3.05) is 5.73 Å². The van der Waals surface area contributed by atoms with Crippen molar-refractivity contribution >= 4 is 11.6 Å². The van der Waals surface area contributed by atoms with Crippen LogP contribution in [0.2, 0.25) is 0 Å². The molecule has 0 saturated heterocycles. The average Bonchev–Trinajstić information content (AvgIpc) is 2.86. The number of benzene rings is 1. The first-order chi connectivity index (χ1) is 8.70. The van der Waals surface area contributed by atoms with E-state index in [1.807, 2.05) is 31.2 Å². The molecule has 4 heteroatoms. The van der Waals surface area contributed by atoms with Gasteiger partial charge in [-0.05, 0) is 23.8 Å². The molecule has 0 aliphatic heterocycles. The highest BCUT2D eigenvalue weighted by molar-refractivity contribution is 5.95. The molecule has 0 radical (unpaired) electrons. The Morgan fingerprint density at radius 3 is 2.67 bits per heavy atom. The van der Waals surface area contributed by atoms with Crippen molar-refractivity contribution in [3.8, 4) is 0 Å². The summed E-state index contributed by atoms with van der Waals surface area (Å²) in [6.45, 7) is 2.43. The Kier molecular flexibility index (Phi) is 3.67. The van der Waals surface area contributed by atoms with Crippen LogP contribution in [0.5, 0.6) is 0 Å². The second-order valence-corrected chi connectivity index (χ2v) is 4.04. The SMILES string of the molecule is CCc1occc1C(=O)NCc1ccc(N)cc1. The first kappa shape index (κ1) is 12.2. The van der Waals surface area contributed by atoms with E-state index in [1.54, 1.807) is 6.07 Å². The minimum absolute atomic E-state index is 0.113. The molecule has 0 saturated carbocycles. The van der Waals surface area contributed by atoms with Gasteiger partial charge in [0, 0.05) is 18.7 Å². The molecule has 94 valence electrons. The van der Waals surface area contributed by atoms with E-state index in [0.29, 0.717) is 30.0 Å². The summed E-state index contributed by atoms with van der Waals surface area (Å²) in [5, 5.41) is 2.86. The fraction of sp³-hybridized carbons (Fsp3) is 0.214. The topological polar surface area (TPSA) is 68.3 Å². The Labute approximate surface area is 106 Å². The summed E-state index contributed by atoms with van der Waals surface area (Å²) in [7, 11) is 0. The fourth-order valence-corrected chi connectivity index (χ4v) is 1.73. The number of nitrogens with two attached hydrogens (primary N) is 1. The van der Waals surface area contributed by atoms with Crippen LogP contribution < -0.4 is 11.1 Å². The number of amides is 1. The maximum absolute atomic E-state index is 11.9. The van der Waals surface area contributed by atoms with Crippen LogP contribution in [0.25, 0.3) is 0 Å². The minimum Gasteiger partial charge on any atom is -0.469 e. The van der Waals surface area contributed by atoms with Crippen LogP contribution in [0.3, 0.4) is 0 Å². The minimum atomic E-state index is -0.113. The Morgan fingerprint density at radius 2 is 2.00 bits per heavy atom. The Hall–Kier alpha value is -2.23. The molecule has 1 heterocycles. The third-order valence-corrected chi connectivity index (χ3v) is 2.74. The van der Waals surface area contributed by atoms with Gasteiger partial charge in [0.2, 0.25) is 0 Å². The number of nitrogen functional groups attached to an aromatic ring is 1. The number of rotatable bonds is 4. The fourth-order valence-electron chi connectivity index (χ4n) is 1.73. The summed E-state index contributed by atoms with van der Waals surface area (Å²) in [4.78, 5) is 11.9. The molecule has 1 aromatic carbocycles. The van der Waals surface area contributed by atoms with E-state index in [-0.39, 0.29) is 5.91 Å². The van der Waals surface area contributed by atoms with Crippen LogP contribution in [0, 0.1) is 0 Å². The number of aryl methyl sites for hydroxylation is 1. The molecule has 4 nitrogen and oxygen atoms in total. The van der Waals surface area contributed by atoms with E-state index in [1.165, 1.54) is 6.26 Å². The molecule has 3 N–H and O–H groups in total. The van der Waals surface area contributed by atoms with Gasteiger partial charge >= 0.3 is 0 Å². The molecule has 2 aromatic rings. The molecule has 0 bridgehead atoms. The smallest absolute Gasteiger partial charge is 0.255 e. The van der Waals surface area contributed by atoms with Crippen molar-refractivity contribution < 1.29 is 9.21 Å². The lowest BCUT2D eigenvalue weighted by atomic mass is 10.2. The Bertz CT molecular complexity index is 529. The third-order valence-electron chi connectivity index (χ3n) is 2.74. The monoisotopic (exact) mass is 244 g/mol. The third kappa shape index (κ3) is 2.71. The van der Waals surface area contributed by atoms with Gasteiger partial charge in [0.15, 0.2) is 0 Å². The lowest BCUT2D eigenvalue weighted by Gasteiger charge is -2.05. The van der Waals surface area contributed by atoms with Crippen LogP contribution in [0.15, 0.2) is 41.0 Å². The van der Waals surface area contributed by atoms with E-state index < -0.39 is 0 Å². The molecule has 0 spiro atoms. The first-order valence-corrected chi connectivity index (χ1v) is 5.89. The van der Waals surface area contributed by atoms with Crippen LogP contribution in [-0.4, -0.2) is 5.91 Å². The second-order valence-electron chi connectivity index (χ2n) is 4.04. The molecular weight excluding hydrogens is 228 g/mol. The number of carbonyl (C=O) groups excluding carboxylic acids is 1. The number of nitrogens with one attached hydrogen (secondary N) is 1. The van der Waals surface area contributed by atoms with Crippen molar-refractivity contribution in [2.45, 2.75) is 19.9 Å². The number of furan rings is 1. The van der Waals surface area contributed by atoms with E-state index >= 15 is 0 Å². The summed E-state index contributed by atoms with van der Waals surface area (Å²) in [6, 6.07) is 9.11. The highest BCUT2D eigenvalue weighted by Crippen LogP contribution is 2.11. The molecule has 1 aromatic heterocycles. The van der Waals surface area contributed by atoms with E-state index in [9.17, 15) is 4.79 Å². The molecule has 1 amide bonds. The van der Waals surface area contributed by atoms with Gasteiger partial charge in [-0.1, -0.05) is 19.1 Å². The zero-order chi connectivity index (χ0) is 13.0. The average molecular weight is 244 g/mol. The van der Waals surface area contributed by atoms with Crippen LogP contribution >= 0.6 is 0 Å².